The monoisotopic (exact) mass is 480 g/mol. The first-order valence-corrected chi connectivity index (χ1v) is 11.8. The molecule has 1 aromatic heterocycles. The summed E-state index contributed by atoms with van der Waals surface area (Å²) in [6.45, 7) is 0.183. The van der Waals surface area contributed by atoms with Gasteiger partial charge in [0.1, 0.15) is 29.5 Å². The highest BCUT2D eigenvalue weighted by Gasteiger charge is 2.21. The molecule has 0 radical (unpaired) electrons. The minimum absolute atomic E-state index is 0.175. The second kappa shape index (κ2) is 9.88. The van der Waals surface area contributed by atoms with Gasteiger partial charge in [-0.1, -0.05) is 5.16 Å². The Morgan fingerprint density at radius 2 is 1.38 bits per heavy atom. The molecule has 34 heavy (non-hydrogen) atoms. The van der Waals surface area contributed by atoms with Crippen LogP contribution < -0.4 is 18.5 Å². The van der Waals surface area contributed by atoms with Crippen LogP contribution >= 0.6 is 0 Å². The van der Waals surface area contributed by atoms with Gasteiger partial charge in [-0.3, -0.25) is 4.31 Å². The molecular formula is C25H24N2O6S. The minimum atomic E-state index is -3.71. The summed E-state index contributed by atoms with van der Waals surface area (Å²) < 4.78 is 48.4. The van der Waals surface area contributed by atoms with Crippen LogP contribution in [0.4, 0.5) is 5.69 Å². The van der Waals surface area contributed by atoms with Gasteiger partial charge in [0.2, 0.25) is 0 Å². The van der Waals surface area contributed by atoms with E-state index in [9.17, 15) is 8.42 Å². The largest absolute Gasteiger partial charge is 0.497 e. The van der Waals surface area contributed by atoms with Crippen molar-refractivity contribution in [2.24, 2.45) is 0 Å². The maximum atomic E-state index is 12.9. The van der Waals surface area contributed by atoms with Gasteiger partial charge in [0.05, 0.1) is 24.8 Å². The third-order valence-corrected chi connectivity index (χ3v) is 7.04. The molecule has 0 spiro atoms. The molecular weight excluding hydrogens is 456 g/mol. The Morgan fingerprint density at radius 3 is 1.97 bits per heavy atom. The van der Waals surface area contributed by atoms with Gasteiger partial charge in [-0.05, 0) is 72.8 Å². The van der Waals surface area contributed by atoms with Gasteiger partial charge < -0.3 is 18.7 Å². The molecule has 0 atom stereocenters. The van der Waals surface area contributed by atoms with Crippen molar-refractivity contribution in [3.63, 3.8) is 0 Å². The number of rotatable bonds is 9. The van der Waals surface area contributed by atoms with E-state index in [1.165, 1.54) is 30.6 Å². The Balaban J connectivity index is 1.39. The Labute approximate surface area is 198 Å². The van der Waals surface area contributed by atoms with Crippen LogP contribution in [-0.2, 0) is 16.6 Å². The first kappa shape index (κ1) is 23.2. The number of methoxy groups -OCH3 is 2. The molecule has 0 saturated carbocycles. The van der Waals surface area contributed by atoms with Gasteiger partial charge in [0.25, 0.3) is 10.0 Å². The average Bonchev–Trinajstić information content (AvgIpc) is 3.36. The van der Waals surface area contributed by atoms with Crippen LogP contribution in [0, 0.1) is 0 Å². The second-order valence-corrected chi connectivity index (χ2v) is 9.31. The summed E-state index contributed by atoms with van der Waals surface area (Å²) in [6.07, 6.45) is 0. The number of aromatic nitrogens is 1. The predicted molar refractivity (Wildman–Crippen MR) is 128 cm³/mol. The molecule has 0 aliphatic heterocycles. The van der Waals surface area contributed by atoms with E-state index in [1.54, 1.807) is 43.5 Å². The molecule has 0 saturated heterocycles. The minimum Gasteiger partial charge on any atom is -0.497 e. The second-order valence-electron chi connectivity index (χ2n) is 7.34. The molecule has 176 valence electrons. The zero-order valence-electron chi connectivity index (χ0n) is 19.0. The summed E-state index contributed by atoms with van der Waals surface area (Å²) in [7, 11) is 0.942. The van der Waals surface area contributed by atoms with E-state index in [4.69, 9.17) is 18.7 Å². The molecule has 4 aromatic rings. The van der Waals surface area contributed by atoms with E-state index in [2.05, 4.69) is 5.16 Å². The number of anilines is 1. The molecule has 4 rings (SSSR count). The Bertz CT molecular complexity index is 1330. The summed E-state index contributed by atoms with van der Waals surface area (Å²) in [6, 6.07) is 22.3. The number of hydrogen-bond donors (Lipinski definition) is 0. The molecule has 0 unspecified atom stereocenters. The van der Waals surface area contributed by atoms with Crippen LogP contribution in [-0.4, -0.2) is 34.8 Å². The van der Waals surface area contributed by atoms with Crippen LogP contribution in [0.1, 0.15) is 5.76 Å². The van der Waals surface area contributed by atoms with Crippen molar-refractivity contribution in [1.29, 1.82) is 0 Å². The van der Waals surface area contributed by atoms with Crippen LogP contribution in [0.3, 0.4) is 0 Å². The van der Waals surface area contributed by atoms with E-state index in [0.29, 0.717) is 28.6 Å². The molecule has 3 aromatic carbocycles. The fourth-order valence-electron chi connectivity index (χ4n) is 3.23. The summed E-state index contributed by atoms with van der Waals surface area (Å²) in [5.41, 5.74) is 2.10. The van der Waals surface area contributed by atoms with Crippen molar-refractivity contribution in [3.05, 3.63) is 84.6 Å². The molecule has 9 heteroatoms. The topological polar surface area (TPSA) is 91.1 Å². The maximum absolute atomic E-state index is 12.9. The first-order valence-electron chi connectivity index (χ1n) is 10.4. The van der Waals surface area contributed by atoms with Gasteiger partial charge >= 0.3 is 0 Å². The van der Waals surface area contributed by atoms with Gasteiger partial charge in [-0.25, -0.2) is 8.42 Å². The third-order valence-electron chi connectivity index (χ3n) is 5.24. The normalized spacial score (nSPS) is 11.1. The van der Waals surface area contributed by atoms with E-state index in [0.717, 1.165) is 11.3 Å². The van der Waals surface area contributed by atoms with Crippen LogP contribution in [0.25, 0.3) is 11.3 Å². The lowest BCUT2D eigenvalue weighted by atomic mass is 10.1. The molecule has 0 fully saturated rings. The van der Waals surface area contributed by atoms with Crippen molar-refractivity contribution in [1.82, 2.24) is 5.16 Å². The van der Waals surface area contributed by atoms with Crippen molar-refractivity contribution in [2.75, 3.05) is 25.6 Å². The van der Waals surface area contributed by atoms with Crippen molar-refractivity contribution >= 4 is 15.7 Å². The van der Waals surface area contributed by atoms with E-state index in [1.807, 2.05) is 30.3 Å². The average molecular weight is 481 g/mol. The standard InChI is InChI=1S/C25H24N2O6S/c1-27(34(28,29)24-14-12-21(31-3)13-15-24)19-6-10-22(11-7-19)32-17-23-16-25(26-33-23)18-4-8-20(30-2)9-5-18/h4-16H,17H2,1-3H3. The molecule has 0 aliphatic rings. The van der Waals surface area contributed by atoms with Crippen LogP contribution in [0.15, 0.2) is 88.3 Å². The van der Waals surface area contributed by atoms with Crippen LogP contribution in [0.5, 0.6) is 17.2 Å². The Morgan fingerprint density at radius 1 is 0.824 bits per heavy atom. The molecule has 0 amide bonds. The molecule has 1 heterocycles. The molecule has 0 aliphatic carbocycles. The fraction of sp³-hybridized carbons (Fsp3) is 0.160. The molecule has 0 bridgehead atoms. The summed E-state index contributed by atoms with van der Waals surface area (Å²) >= 11 is 0. The third kappa shape index (κ3) is 4.99. The highest BCUT2D eigenvalue weighted by atomic mass is 32.2. The lowest BCUT2D eigenvalue weighted by molar-refractivity contribution is 0.249. The van der Waals surface area contributed by atoms with Gasteiger partial charge in [-0.2, -0.15) is 0 Å². The van der Waals surface area contributed by atoms with Crippen LogP contribution in [0.2, 0.25) is 0 Å². The van der Waals surface area contributed by atoms with Gasteiger partial charge in [0.15, 0.2) is 5.76 Å². The Hall–Kier alpha value is -3.98. The number of benzene rings is 3. The quantitative estimate of drug-likeness (QED) is 0.341. The smallest absolute Gasteiger partial charge is 0.264 e. The lowest BCUT2D eigenvalue weighted by Crippen LogP contribution is -2.26. The summed E-state index contributed by atoms with van der Waals surface area (Å²) in [4.78, 5) is 0.175. The number of hydrogen-bond acceptors (Lipinski definition) is 7. The molecule has 0 N–H and O–H groups in total. The highest BCUT2D eigenvalue weighted by Crippen LogP contribution is 2.27. The van der Waals surface area contributed by atoms with Crippen molar-refractivity contribution < 1.29 is 27.2 Å². The fourth-order valence-corrected chi connectivity index (χ4v) is 4.43. The SMILES string of the molecule is COc1ccc(-c2cc(COc3ccc(N(C)S(=O)(=O)c4ccc(OC)cc4)cc3)on2)cc1. The van der Waals surface area contributed by atoms with Crippen molar-refractivity contribution in [2.45, 2.75) is 11.5 Å². The molecule has 8 nitrogen and oxygen atoms in total. The number of nitrogens with zero attached hydrogens (tertiary/aromatic N) is 2. The van der Waals surface area contributed by atoms with E-state index >= 15 is 0 Å². The maximum Gasteiger partial charge on any atom is 0.264 e. The zero-order valence-corrected chi connectivity index (χ0v) is 19.8. The van der Waals surface area contributed by atoms with Gasteiger partial charge in [-0.15, -0.1) is 0 Å². The van der Waals surface area contributed by atoms with E-state index < -0.39 is 10.0 Å². The van der Waals surface area contributed by atoms with E-state index in [-0.39, 0.29) is 11.5 Å². The summed E-state index contributed by atoms with van der Waals surface area (Å²) in [5, 5.41) is 4.08. The zero-order chi connectivity index (χ0) is 24.1. The first-order chi connectivity index (χ1) is 16.4. The highest BCUT2D eigenvalue weighted by molar-refractivity contribution is 7.92. The summed E-state index contributed by atoms with van der Waals surface area (Å²) in [5.74, 6) is 2.49. The number of ether oxygens (including phenoxy) is 3. The Kier molecular flexibility index (Phi) is 6.74. The van der Waals surface area contributed by atoms with Crippen molar-refractivity contribution in [3.8, 4) is 28.5 Å². The predicted octanol–water partition coefficient (Wildman–Crippen LogP) is 4.76. The van der Waals surface area contributed by atoms with Gasteiger partial charge in [0, 0.05) is 18.7 Å². The number of sulfonamides is 1. The lowest BCUT2D eigenvalue weighted by Gasteiger charge is -2.20.